The lowest BCUT2D eigenvalue weighted by Gasteiger charge is -1.94. The molecule has 0 aliphatic heterocycles. The number of hydrogen-bond acceptors (Lipinski definition) is 5. The molecule has 0 saturated carbocycles. The average Bonchev–Trinajstić information content (AvgIpc) is 2.05. The van der Waals surface area contributed by atoms with Crippen LogP contribution < -0.4 is 11.5 Å². The summed E-state index contributed by atoms with van der Waals surface area (Å²) >= 11 is 0. The number of carboxylic acids is 1. The standard InChI is InChI=1S/C4H9NO3.C3H7NO2/c5-4(7)3-8-2-1-6;1-2(4)3(5)6/h6H,1-3H2,(H2,5,7);2H,4H2,1H3,(H,5,6). The summed E-state index contributed by atoms with van der Waals surface area (Å²) in [5.74, 6) is -1.48. The van der Waals surface area contributed by atoms with Crippen molar-refractivity contribution in [2.75, 3.05) is 19.8 Å². The summed E-state index contributed by atoms with van der Waals surface area (Å²) in [4.78, 5) is 19.5. The monoisotopic (exact) mass is 208 g/mol. The molecule has 84 valence electrons. The topological polar surface area (TPSA) is 136 Å². The van der Waals surface area contributed by atoms with E-state index in [9.17, 15) is 9.59 Å². The Morgan fingerprint density at radius 1 is 1.50 bits per heavy atom. The average molecular weight is 208 g/mol. The van der Waals surface area contributed by atoms with E-state index in [0.29, 0.717) is 0 Å². The van der Waals surface area contributed by atoms with Crippen molar-refractivity contribution < 1.29 is 24.5 Å². The molecule has 0 radical (unpaired) electrons. The zero-order valence-corrected chi connectivity index (χ0v) is 7.97. The molecule has 7 heteroatoms. The number of amides is 1. The van der Waals surface area contributed by atoms with Crippen LogP contribution in [0.15, 0.2) is 0 Å². The van der Waals surface area contributed by atoms with Gasteiger partial charge < -0.3 is 26.4 Å². The first-order chi connectivity index (χ1) is 6.41. The number of ether oxygens (including phenoxy) is 1. The second kappa shape index (κ2) is 9.90. The quantitative estimate of drug-likeness (QED) is 0.382. The highest BCUT2D eigenvalue weighted by Gasteiger charge is 1.99. The third kappa shape index (κ3) is 17.1. The first-order valence-corrected chi connectivity index (χ1v) is 3.87. The maximum atomic E-state index is 9.89. The van der Waals surface area contributed by atoms with Crippen LogP contribution in [0.5, 0.6) is 0 Å². The Kier molecular flexibility index (Phi) is 10.8. The third-order valence-electron chi connectivity index (χ3n) is 0.869. The highest BCUT2D eigenvalue weighted by atomic mass is 16.5. The van der Waals surface area contributed by atoms with Crippen molar-refractivity contribution in [2.45, 2.75) is 13.0 Å². The van der Waals surface area contributed by atoms with Crippen LogP contribution in [-0.2, 0) is 14.3 Å². The third-order valence-corrected chi connectivity index (χ3v) is 0.869. The van der Waals surface area contributed by atoms with Crippen LogP contribution in [0.3, 0.4) is 0 Å². The maximum Gasteiger partial charge on any atom is 0.320 e. The molecule has 0 bridgehead atoms. The van der Waals surface area contributed by atoms with Crippen LogP contribution in [0.4, 0.5) is 0 Å². The van der Waals surface area contributed by atoms with Gasteiger partial charge in [-0.15, -0.1) is 0 Å². The highest BCUT2D eigenvalue weighted by molar-refractivity contribution is 5.74. The van der Waals surface area contributed by atoms with Gasteiger partial charge in [-0.3, -0.25) is 9.59 Å². The van der Waals surface area contributed by atoms with E-state index in [1.807, 2.05) is 0 Å². The second-order valence-electron chi connectivity index (χ2n) is 2.37. The summed E-state index contributed by atoms with van der Waals surface area (Å²) < 4.78 is 4.52. The van der Waals surface area contributed by atoms with Crippen LogP contribution in [0.2, 0.25) is 0 Å². The Hall–Kier alpha value is -1.18. The number of aliphatic hydroxyl groups is 1. The fourth-order valence-electron chi connectivity index (χ4n) is 0.237. The number of aliphatic carboxylic acids is 1. The molecule has 1 unspecified atom stereocenters. The zero-order valence-electron chi connectivity index (χ0n) is 7.97. The molecule has 14 heavy (non-hydrogen) atoms. The van der Waals surface area contributed by atoms with E-state index in [1.54, 1.807) is 0 Å². The normalized spacial score (nSPS) is 11.1. The molecule has 0 rings (SSSR count). The van der Waals surface area contributed by atoms with E-state index in [2.05, 4.69) is 10.5 Å². The molecule has 0 aromatic heterocycles. The van der Waals surface area contributed by atoms with Gasteiger partial charge in [0, 0.05) is 0 Å². The number of carboxylic acid groups (broad SMARTS) is 1. The molecule has 0 saturated heterocycles. The molecule has 0 aliphatic rings. The number of primary amides is 1. The van der Waals surface area contributed by atoms with E-state index in [0.717, 1.165) is 0 Å². The Morgan fingerprint density at radius 2 is 1.93 bits per heavy atom. The SMILES string of the molecule is CC(N)C(=O)O.NC(=O)COCCO. The Morgan fingerprint density at radius 3 is 2.14 bits per heavy atom. The van der Waals surface area contributed by atoms with Crippen molar-refractivity contribution in [3.63, 3.8) is 0 Å². The van der Waals surface area contributed by atoms with Gasteiger partial charge in [0.15, 0.2) is 0 Å². The fraction of sp³-hybridized carbons (Fsp3) is 0.714. The van der Waals surface area contributed by atoms with Crippen molar-refractivity contribution in [2.24, 2.45) is 11.5 Å². The molecule has 6 N–H and O–H groups in total. The zero-order chi connectivity index (χ0) is 11.6. The largest absolute Gasteiger partial charge is 0.480 e. The van der Waals surface area contributed by atoms with Gasteiger partial charge >= 0.3 is 5.97 Å². The van der Waals surface area contributed by atoms with Crippen LogP contribution in [0, 0.1) is 0 Å². The molecule has 7 nitrogen and oxygen atoms in total. The van der Waals surface area contributed by atoms with E-state index in [1.165, 1.54) is 6.92 Å². The fourth-order valence-corrected chi connectivity index (χ4v) is 0.237. The van der Waals surface area contributed by atoms with Gasteiger partial charge in [0.1, 0.15) is 12.6 Å². The molecule has 0 aromatic carbocycles. The number of carbonyl (C=O) groups is 2. The van der Waals surface area contributed by atoms with E-state index in [4.69, 9.17) is 15.9 Å². The molecular weight excluding hydrogens is 192 g/mol. The van der Waals surface area contributed by atoms with Crippen LogP contribution in [-0.4, -0.2) is 48.0 Å². The van der Waals surface area contributed by atoms with Gasteiger partial charge in [0.05, 0.1) is 13.2 Å². The predicted octanol–water partition coefficient (Wildman–Crippen LogP) is -2.10. The lowest BCUT2D eigenvalue weighted by molar-refractivity contribution is -0.138. The van der Waals surface area contributed by atoms with Crippen molar-refractivity contribution in [3.8, 4) is 0 Å². The molecule has 1 atom stereocenters. The van der Waals surface area contributed by atoms with E-state index in [-0.39, 0.29) is 19.8 Å². The number of carbonyl (C=O) groups excluding carboxylic acids is 1. The Labute approximate surface area is 81.6 Å². The predicted molar refractivity (Wildman–Crippen MR) is 48.4 cm³/mol. The summed E-state index contributed by atoms with van der Waals surface area (Å²) in [6.07, 6.45) is 0. The number of hydrogen-bond donors (Lipinski definition) is 4. The molecule has 0 spiro atoms. The van der Waals surface area contributed by atoms with Crippen LogP contribution >= 0.6 is 0 Å². The molecular formula is C7H16N2O5. The summed E-state index contributed by atoms with van der Waals surface area (Å²) in [6.45, 7) is 1.40. The summed E-state index contributed by atoms with van der Waals surface area (Å²) in [7, 11) is 0. The molecule has 0 aliphatic carbocycles. The first kappa shape index (κ1) is 15.3. The molecule has 0 heterocycles. The molecule has 0 aromatic rings. The minimum absolute atomic E-state index is 0.0761. The number of rotatable bonds is 5. The smallest absolute Gasteiger partial charge is 0.320 e. The van der Waals surface area contributed by atoms with Gasteiger partial charge in [-0.25, -0.2) is 0 Å². The number of nitrogens with two attached hydrogens (primary N) is 2. The molecule has 0 fully saturated rings. The lowest BCUT2D eigenvalue weighted by atomic mass is 10.4. The van der Waals surface area contributed by atoms with Gasteiger partial charge in [0.25, 0.3) is 0 Å². The summed E-state index contributed by atoms with van der Waals surface area (Å²) in [5.41, 5.74) is 9.52. The second-order valence-corrected chi connectivity index (χ2v) is 2.37. The van der Waals surface area contributed by atoms with Crippen LogP contribution in [0.1, 0.15) is 6.92 Å². The Balaban J connectivity index is 0. The highest BCUT2D eigenvalue weighted by Crippen LogP contribution is 1.69. The van der Waals surface area contributed by atoms with Crippen molar-refractivity contribution in [3.05, 3.63) is 0 Å². The Bertz CT molecular complexity index is 171. The van der Waals surface area contributed by atoms with E-state index < -0.39 is 17.9 Å². The van der Waals surface area contributed by atoms with Crippen molar-refractivity contribution in [1.29, 1.82) is 0 Å². The maximum absolute atomic E-state index is 9.89. The number of aliphatic hydroxyl groups excluding tert-OH is 1. The van der Waals surface area contributed by atoms with Crippen LogP contribution in [0.25, 0.3) is 0 Å². The van der Waals surface area contributed by atoms with Crippen molar-refractivity contribution >= 4 is 11.9 Å². The lowest BCUT2D eigenvalue weighted by Crippen LogP contribution is -2.25. The molecule has 1 amide bonds. The van der Waals surface area contributed by atoms with Gasteiger partial charge in [-0.2, -0.15) is 0 Å². The van der Waals surface area contributed by atoms with E-state index >= 15 is 0 Å². The van der Waals surface area contributed by atoms with Crippen molar-refractivity contribution in [1.82, 2.24) is 0 Å². The van der Waals surface area contributed by atoms with Gasteiger partial charge in [-0.05, 0) is 6.92 Å². The summed E-state index contributed by atoms with van der Waals surface area (Å²) in [5, 5.41) is 16.0. The van der Waals surface area contributed by atoms with Gasteiger partial charge in [0.2, 0.25) is 5.91 Å². The minimum atomic E-state index is -0.963. The minimum Gasteiger partial charge on any atom is -0.480 e. The summed E-state index contributed by atoms with van der Waals surface area (Å²) in [6, 6.07) is -0.731. The first-order valence-electron chi connectivity index (χ1n) is 3.87. The van der Waals surface area contributed by atoms with Gasteiger partial charge in [-0.1, -0.05) is 0 Å².